The number of nitrogens with one attached hydrogen (secondary N) is 1. The summed E-state index contributed by atoms with van der Waals surface area (Å²) in [6.07, 6.45) is 1.36. The van der Waals surface area contributed by atoms with Crippen molar-refractivity contribution in [2.45, 2.75) is 45.6 Å². The zero-order chi connectivity index (χ0) is 16.1. The van der Waals surface area contributed by atoms with E-state index in [2.05, 4.69) is 5.32 Å². The van der Waals surface area contributed by atoms with Gasteiger partial charge < -0.3 is 15.3 Å². The second-order valence-corrected chi connectivity index (χ2v) is 6.04. The summed E-state index contributed by atoms with van der Waals surface area (Å²) in [5, 5.41) is 12.3. The summed E-state index contributed by atoms with van der Waals surface area (Å²) < 4.78 is 0. The predicted molar refractivity (Wildman–Crippen MR) is 85.6 cm³/mol. The summed E-state index contributed by atoms with van der Waals surface area (Å²) in [4.78, 5) is 25.7. The zero-order valence-corrected chi connectivity index (χ0v) is 13.3. The fourth-order valence-corrected chi connectivity index (χ4v) is 2.76. The summed E-state index contributed by atoms with van der Waals surface area (Å²) in [6, 6.07) is 5.88. The van der Waals surface area contributed by atoms with Crippen LogP contribution in [0.1, 0.15) is 36.8 Å². The van der Waals surface area contributed by atoms with Crippen LogP contribution in [0.25, 0.3) is 0 Å². The van der Waals surface area contributed by atoms with Gasteiger partial charge in [0.2, 0.25) is 11.8 Å². The van der Waals surface area contributed by atoms with E-state index in [-0.39, 0.29) is 30.8 Å². The number of anilines is 1. The van der Waals surface area contributed by atoms with Gasteiger partial charge in [-0.1, -0.05) is 6.07 Å². The van der Waals surface area contributed by atoms with Crippen LogP contribution in [0.4, 0.5) is 5.69 Å². The van der Waals surface area contributed by atoms with Gasteiger partial charge in [-0.2, -0.15) is 0 Å². The highest BCUT2D eigenvalue weighted by Gasteiger charge is 2.21. The maximum absolute atomic E-state index is 12.0. The predicted octanol–water partition coefficient (Wildman–Crippen LogP) is 2.01. The van der Waals surface area contributed by atoms with E-state index in [1.54, 1.807) is 4.90 Å². The van der Waals surface area contributed by atoms with E-state index in [0.717, 1.165) is 16.8 Å². The number of aryl methyl sites for hydroxylation is 2. The molecule has 0 aliphatic carbocycles. The van der Waals surface area contributed by atoms with Crippen molar-refractivity contribution in [3.63, 3.8) is 0 Å². The van der Waals surface area contributed by atoms with Crippen molar-refractivity contribution < 1.29 is 14.7 Å². The van der Waals surface area contributed by atoms with Gasteiger partial charge in [0.1, 0.15) is 0 Å². The van der Waals surface area contributed by atoms with Crippen LogP contribution in [0.15, 0.2) is 18.2 Å². The molecule has 5 heteroatoms. The number of aliphatic hydroxyl groups excluding tert-OH is 1. The molecule has 5 nitrogen and oxygen atoms in total. The second kappa shape index (κ2) is 7.40. The Bertz CT molecular complexity index is 529. The first-order valence-corrected chi connectivity index (χ1v) is 7.78. The van der Waals surface area contributed by atoms with Crippen molar-refractivity contribution in [1.29, 1.82) is 0 Å². The molecule has 0 bridgehead atoms. The Morgan fingerprint density at radius 2 is 1.73 bits per heavy atom. The first-order valence-electron chi connectivity index (χ1n) is 7.78. The number of piperidine rings is 1. The van der Waals surface area contributed by atoms with Crippen LogP contribution in [0.2, 0.25) is 0 Å². The van der Waals surface area contributed by atoms with Gasteiger partial charge in [-0.25, -0.2) is 0 Å². The molecule has 2 rings (SSSR count). The Morgan fingerprint density at radius 1 is 1.14 bits per heavy atom. The molecule has 1 aromatic rings. The highest BCUT2D eigenvalue weighted by Crippen LogP contribution is 2.15. The molecule has 22 heavy (non-hydrogen) atoms. The van der Waals surface area contributed by atoms with Gasteiger partial charge in [0.05, 0.1) is 6.10 Å². The monoisotopic (exact) mass is 304 g/mol. The Balaban J connectivity index is 1.78. The lowest BCUT2D eigenvalue weighted by atomic mass is 10.1. The van der Waals surface area contributed by atoms with Crippen molar-refractivity contribution in [3.05, 3.63) is 29.3 Å². The van der Waals surface area contributed by atoms with Gasteiger partial charge >= 0.3 is 0 Å². The summed E-state index contributed by atoms with van der Waals surface area (Å²) >= 11 is 0. The molecule has 120 valence electrons. The number of hydrogen-bond donors (Lipinski definition) is 2. The molecule has 0 atom stereocenters. The summed E-state index contributed by atoms with van der Waals surface area (Å²) in [7, 11) is 0. The first kappa shape index (κ1) is 16.5. The van der Waals surface area contributed by atoms with E-state index in [9.17, 15) is 14.7 Å². The molecule has 2 N–H and O–H groups in total. The van der Waals surface area contributed by atoms with E-state index in [0.29, 0.717) is 25.9 Å². The van der Waals surface area contributed by atoms with Gasteiger partial charge in [-0.05, 0) is 49.9 Å². The number of likely N-dealkylation sites (tertiary alicyclic amines) is 1. The first-order chi connectivity index (χ1) is 10.4. The molecule has 1 aromatic carbocycles. The molecule has 0 aromatic heterocycles. The Labute approximate surface area is 131 Å². The fourth-order valence-electron chi connectivity index (χ4n) is 2.76. The number of benzene rings is 1. The van der Waals surface area contributed by atoms with Gasteiger partial charge in [-0.3, -0.25) is 9.59 Å². The minimum atomic E-state index is -0.295. The molecule has 0 saturated carbocycles. The van der Waals surface area contributed by atoms with Crippen LogP contribution in [0.5, 0.6) is 0 Å². The smallest absolute Gasteiger partial charge is 0.224 e. The molecular formula is C17H24N2O3. The molecule has 1 saturated heterocycles. The topological polar surface area (TPSA) is 69.6 Å². The van der Waals surface area contributed by atoms with E-state index in [4.69, 9.17) is 0 Å². The lowest BCUT2D eigenvalue weighted by molar-refractivity contribution is -0.134. The van der Waals surface area contributed by atoms with Crippen molar-refractivity contribution in [2.24, 2.45) is 0 Å². The molecule has 2 amide bonds. The maximum Gasteiger partial charge on any atom is 0.224 e. The number of rotatable bonds is 4. The third-order valence-electron chi connectivity index (χ3n) is 3.89. The van der Waals surface area contributed by atoms with E-state index < -0.39 is 0 Å². The maximum atomic E-state index is 12.0. The van der Waals surface area contributed by atoms with Crippen LogP contribution >= 0.6 is 0 Å². The lowest BCUT2D eigenvalue weighted by Crippen LogP contribution is -2.40. The third-order valence-corrected chi connectivity index (χ3v) is 3.89. The molecule has 0 spiro atoms. The quantitative estimate of drug-likeness (QED) is 0.894. The number of nitrogens with zero attached hydrogens (tertiary/aromatic N) is 1. The molecular weight excluding hydrogens is 280 g/mol. The van der Waals surface area contributed by atoms with Crippen LogP contribution in [-0.2, 0) is 9.59 Å². The molecule has 0 unspecified atom stereocenters. The SMILES string of the molecule is Cc1cc(C)cc(NC(=O)CCC(=O)N2CCC(O)CC2)c1. The minimum Gasteiger partial charge on any atom is -0.393 e. The second-order valence-electron chi connectivity index (χ2n) is 6.04. The molecule has 1 heterocycles. The van der Waals surface area contributed by atoms with E-state index in [1.807, 2.05) is 32.0 Å². The average Bonchev–Trinajstić information content (AvgIpc) is 2.44. The lowest BCUT2D eigenvalue weighted by Gasteiger charge is -2.29. The van der Waals surface area contributed by atoms with Gasteiger partial charge in [0.25, 0.3) is 0 Å². The third kappa shape index (κ3) is 4.84. The molecule has 1 aliphatic rings. The van der Waals surface area contributed by atoms with Gasteiger partial charge in [0, 0.05) is 31.6 Å². The van der Waals surface area contributed by atoms with Crippen LogP contribution in [0, 0.1) is 13.8 Å². The van der Waals surface area contributed by atoms with Crippen molar-refractivity contribution in [1.82, 2.24) is 4.90 Å². The molecule has 1 aliphatic heterocycles. The normalized spacial score (nSPS) is 15.7. The van der Waals surface area contributed by atoms with Gasteiger partial charge in [-0.15, -0.1) is 0 Å². The van der Waals surface area contributed by atoms with Crippen molar-refractivity contribution in [2.75, 3.05) is 18.4 Å². The van der Waals surface area contributed by atoms with Crippen molar-refractivity contribution in [3.8, 4) is 0 Å². The number of amides is 2. The fraction of sp³-hybridized carbons (Fsp3) is 0.529. The Hall–Kier alpha value is -1.88. The van der Waals surface area contributed by atoms with Crippen LogP contribution in [-0.4, -0.2) is 41.0 Å². The number of carbonyl (C=O) groups is 2. The number of carbonyl (C=O) groups excluding carboxylic acids is 2. The Kier molecular flexibility index (Phi) is 5.55. The summed E-state index contributed by atoms with van der Waals surface area (Å²) in [5.74, 6) is -0.155. The van der Waals surface area contributed by atoms with Crippen LogP contribution < -0.4 is 5.32 Å². The minimum absolute atomic E-state index is 0.0116. The Morgan fingerprint density at radius 3 is 2.32 bits per heavy atom. The average molecular weight is 304 g/mol. The highest BCUT2D eigenvalue weighted by atomic mass is 16.3. The van der Waals surface area contributed by atoms with Crippen LogP contribution in [0.3, 0.4) is 0 Å². The van der Waals surface area contributed by atoms with Gasteiger partial charge in [0.15, 0.2) is 0 Å². The summed E-state index contributed by atoms with van der Waals surface area (Å²) in [5.41, 5.74) is 2.97. The van der Waals surface area contributed by atoms with E-state index >= 15 is 0 Å². The molecule has 0 radical (unpaired) electrons. The molecule has 1 fully saturated rings. The number of aliphatic hydroxyl groups is 1. The van der Waals surface area contributed by atoms with E-state index in [1.165, 1.54) is 0 Å². The summed E-state index contributed by atoms with van der Waals surface area (Å²) in [6.45, 7) is 5.13. The van der Waals surface area contributed by atoms with Crippen molar-refractivity contribution >= 4 is 17.5 Å². The standard InChI is InChI=1S/C17H24N2O3/c1-12-9-13(2)11-14(10-12)18-16(21)3-4-17(22)19-7-5-15(20)6-8-19/h9-11,15,20H,3-8H2,1-2H3,(H,18,21). The zero-order valence-electron chi connectivity index (χ0n) is 13.3. The largest absolute Gasteiger partial charge is 0.393 e. The highest BCUT2D eigenvalue weighted by molar-refractivity contribution is 5.93. The number of hydrogen-bond acceptors (Lipinski definition) is 3.